The summed E-state index contributed by atoms with van der Waals surface area (Å²) in [5, 5.41) is 15.7. The Balaban J connectivity index is 1.05. The first-order valence-corrected chi connectivity index (χ1v) is 17.4. The lowest BCUT2D eigenvalue weighted by Gasteiger charge is -2.40. The van der Waals surface area contributed by atoms with Gasteiger partial charge in [0.15, 0.2) is 5.11 Å². The summed E-state index contributed by atoms with van der Waals surface area (Å²) in [4.78, 5) is 18.5. The van der Waals surface area contributed by atoms with Crippen molar-refractivity contribution in [1.29, 1.82) is 0 Å². The van der Waals surface area contributed by atoms with Gasteiger partial charge in [-0.15, -0.1) is 5.10 Å². The van der Waals surface area contributed by atoms with Crippen LogP contribution in [0.2, 0.25) is 0 Å². The molecule has 6 aromatic rings. The average Bonchev–Trinajstić information content (AvgIpc) is 3.71. The van der Waals surface area contributed by atoms with Crippen LogP contribution in [0.3, 0.4) is 0 Å². The van der Waals surface area contributed by atoms with Crippen molar-refractivity contribution in [2.45, 2.75) is 55.1 Å². The quantitative estimate of drug-likeness (QED) is 0.152. The third-order valence-electron chi connectivity index (χ3n) is 8.93. The van der Waals surface area contributed by atoms with Gasteiger partial charge in [0.25, 0.3) is 5.91 Å². The fourth-order valence-corrected chi connectivity index (χ4v) is 7.89. The lowest BCUT2D eigenvalue weighted by molar-refractivity contribution is -0.121. The molecule has 1 amide bonds. The molecule has 9 nitrogen and oxygen atoms in total. The summed E-state index contributed by atoms with van der Waals surface area (Å²) in [7, 11) is 0. The number of carbonyl (C=O) groups is 1. The smallest absolute Gasteiger partial charge is 0.256 e. The van der Waals surface area contributed by atoms with E-state index in [1.54, 1.807) is 11.8 Å². The van der Waals surface area contributed by atoms with Crippen molar-refractivity contribution >= 4 is 68.8 Å². The van der Waals surface area contributed by atoms with Crippen molar-refractivity contribution in [3.63, 3.8) is 0 Å². The highest BCUT2D eigenvalue weighted by molar-refractivity contribution is 7.99. The molecule has 48 heavy (non-hydrogen) atoms. The van der Waals surface area contributed by atoms with E-state index in [0.717, 1.165) is 62.2 Å². The van der Waals surface area contributed by atoms with Gasteiger partial charge in [-0.05, 0) is 61.0 Å². The topological polar surface area (TPSA) is 83.2 Å². The largest absolute Gasteiger partial charge is 0.325 e. The zero-order valence-corrected chi connectivity index (χ0v) is 28.0. The van der Waals surface area contributed by atoms with Gasteiger partial charge in [0.2, 0.25) is 0 Å². The number of aromatic nitrogens is 4. The predicted molar refractivity (Wildman–Crippen MR) is 196 cm³/mol. The Kier molecular flexibility index (Phi) is 8.07. The van der Waals surface area contributed by atoms with Crippen LogP contribution in [0.1, 0.15) is 24.6 Å². The number of rotatable bonds is 9. The molecule has 8 rings (SSSR count). The number of hydrazine groups is 1. The summed E-state index contributed by atoms with van der Waals surface area (Å²) in [6.45, 7) is 3.48. The third kappa shape index (κ3) is 5.48. The highest BCUT2D eigenvalue weighted by Gasteiger charge is 2.38. The van der Waals surface area contributed by atoms with E-state index in [2.05, 4.69) is 74.2 Å². The molecule has 0 fully saturated rings. The van der Waals surface area contributed by atoms with E-state index >= 15 is 0 Å². The number of thiocarbonyl (C=S) groups is 1. The van der Waals surface area contributed by atoms with Crippen LogP contribution in [-0.4, -0.2) is 41.6 Å². The molecular formula is C37H34N8OS2. The molecule has 240 valence electrons. The van der Waals surface area contributed by atoms with Crippen LogP contribution < -0.4 is 15.6 Å². The van der Waals surface area contributed by atoms with E-state index in [1.165, 1.54) is 5.56 Å². The van der Waals surface area contributed by atoms with Gasteiger partial charge in [0, 0.05) is 40.9 Å². The van der Waals surface area contributed by atoms with Gasteiger partial charge in [-0.2, -0.15) is 0 Å². The normalized spacial score (nSPS) is 14.1. The lowest BCUT2D eigenvalue weighted by atomic mass is 10.1. The number of para-hydroxylation sites is 3. The molecule has 11 heteroatoms. The number of nitrogens with one attached hydrogen (secondary N) is 2. The van der Waals surface area contributed by atoms with Gasteiger partial charge in [-0.3, -0.25) is 19.8 Å². The molecule has 1 unspecified atom stereocenters. The van der Waals surface area contributed by atoms with Crippen molar-refractivity contribution in [2.75, 3.05) is 15.6 Å². The lowest BCUT2D eigenvalue weighted by Crippen LogP contribution is -2.55. The molecule has 0 saturated carbocycles. The minimum atomic E-state index is -0.560. The third-order valence-corrected chi connectivity index (χ3v) is 10.4. The van der Waals surface area contributed by atoms with E-state index in [9.17, 15) is 4.79 Å². The van der Waals surface area contributed by atoms with Crippen molar-refractivity contribution in [2.24, 2.45) is 0 Å². The maximum absolute atomic E-state index is 14.6. The highest BCUT2D eigenvalue weighted by Crippen LogP contribution is 2.48. The van der Waals surface area contributed by atoms with Crippen molar-refractivity contribution in [3.8, 4) is 0 Å². The second-order valence-electron chi connectivity index (χ2n) is 11.9. The summed E-state index contributed by atoms with van der Waals surface area (Å²) >= 11 is 7.66. The van der Waals surface area contributed by atoms with Crippen LogP contribution in [0.25, 0.3) is 10.9 Å². The van der Waals surface area contributed by atoms with E-state index < -0.39 is 6.04 Å². The molecule has 4 aromatic carbocycles. The number of benzene rings is 4. The summed E-state index contributed by atoms with van der Waals surface area (Å²) in [5.41, 5.74) is 9.53. The van der Waals surface area contributed by atoms with Crippen LogP contribution in [0.5, 0.6) is 0 Å². The zero-order chi connectivity index (χ0) is 32.6. The van der Waals surface area contributed by atoms with Gasteiger partial charge in [-0.25, -0.2) is 5.01 Å². The molecule has 0 saturated heterocycles. The Morgan fingerprint density at radius 1 is 0.854 bits per heavy atom. The van der Waals surface area contributed by atoms with Crippen LogP contribution in [0, 0.1) is 0 Å². The fourth-order valence-electron chi connectivity index (χ4n) is 6.57. The molecular weight excluding hydrogens is 637 g/mol. The second kappa shape index (κ2) is 12.8. The first kappa shape index (κ1) is 30.2. The number of hydrogen-bond donors (Lipinski definition) is 2. The fraction of sp³-hybridized carbons (Fsp3) is 0.189. The first-order valence-electron chi connectivity index (χ1n) is 16.2. The molecule has 2 aliphatic heterocycles. The monoisotopic (exact) mass is 670 g/mol. The Labute approximate surface area is 288 Å². The molecule has 0 bridgehead atoms. The molecule has 1 atom stereocenters. The molecule has 4 heterocycles. The number of aryl methyl sites for hydroxylation is 4. The highest BCUT2D eigenvalue weighted by atomic mass is 32.2. The van der Waals surface area contributed by atoms with Crippen LogP contribution >= 0.6 is 24.0 Å². The zero-order valence-electron chi connectivity index (χ0n) is 26.4. The van der Waals surface area contributed by atoms with Gasteiger partial charge >= 0.3 is 0 Å². The number of carbonyl (C=O) groups excluding carboxylic acids is 1. The number of anilines is 4. The SMILES string of the molecule is CCC(C(=O)N1c2ccccc2Sc2ccccc21)N1Nc2c(n(CCc3cn(CCc4ccccc4)nn3)c3ccccc23)NC1=S. The number of hydrogen-bond acceptors (Lipinski definition) is 6. The maximum atomic E-state index is 14.6. The summed E-state index contributed by atoms with van der Waals surface area (Å²) < 4.78 is 4.15. The molecule has 2 aliphatic rings. The van der Waals surface area contributed by atoms with Crippen molar-refractivity contribution in [3.05, 3.63) is 121 Å². The summed E-state index contributed by atoms with van der Waals surface area (Å²) in [6, 6.07) is 34.3. The maximum Gasteiger partial charge on any atom is 0.256 e. The number of nitrogens with zero attached hydrogens (tertiary/aromatic N) is 6. The Hall–Kier alpha value is -5.13. The molecule has 2 N–H and O–H groups in total. The van der Waals surface area contributed by atoms with Gasteiger partial charge < -0.3 is 9.88 Å². The molecule has 2 aromatic heterocycles. The minimum absolute atomic E-state index is 0.0445. The molecule has 0 spiro atoms. The van der Waals surface area contributed by atoms with Crippen LogP contribution in [0.4, 0.5) is 22.9 Å². The standard InChI is InChI=1S/C37H34N8OS2/c1-2-28(36(46)44-30-16-8-10-18-32(30)48-33-19-11-9-17-31(33)44)45-37(47)38-35-34(40-45)27-14-6-7-15-29(27)43(35)23-21-26-24-42(41-39-26)22-20-25-12-4-3-5-13-25/h3-19,24,28,40H,2,20-23H2,1H3,(H,38,47). The van der Waals surface area contributed by atoms with E-state index in [4.69, 9.17) is 12.2 Å². The van der Waals surface area contributed by atoms with Gasteiger partial charge in [0.05, 0.1) is 22.6 Å². The van der Waals surface area contributed by atoms with Crippen molar-refractivity contribution < 1.29 is 4.79 Å². The molecule has 0 aliphatic carbocycles. The van der Waals surface area contributed by atoms with E-state index in [1.807, 2.05) is 82.3 Å². The minimum Gasteiger partial charge on any atom is -0.325 e. The van der Waals surface area contributed by atoms with Crippen molar-refractivity contribution in [1.82, 2.24) is 24.6 Å². The first-order chi connectivity index (χ1) is 23.6. The van der Waals surface area contributed by atoms with Crippen LogP contribution in [0.15, 0.2) is 119 Å². The Morgan fingerprint density at radius 2 is 1.54 bits per heavy atom. The molecule has 0 radical (unpaired) electrons. The number of amides is 1. The Morgan fingerprint density at radius 3 is 2.29 bits per heavy atom. The van der Waals surface area contributed by atoms with E-state index in [0.29, 0.717) is 24.5 Å². The van der Waals surface area contributed by atoms with Crippen LogP contribution in [-0.2, 0) is 30.7 Å². The van der Waals surface area contributed by atoms with E-state index in [-0.39, 0.29) is 5.91 Å². The summed E-state index contributed by atoms with van der Waals surface area (Å²) in [6.07, 6.45) is 4.19. The van der Waals surface area contributed by atoms with Gasteiger partial charge in [0.1, 0.15) is 17.5 Å². The predicted octanol–water partition coefficient (Wildman–Crippen LogP) is 7.67. The Bertz CT molecular complexity index is 2100. The summed E-state index contributed by atoms with van der Waals surface area (Å²) in [5.74, 6) is 0.832. The average molecular weight is 671 g/mol. The number of fused-ring (bicyclic) bond motifs is 5. The second-order valence-corrected chi connectivity index (χ2v) is 13.4. The van der Waals surface area contributed by atoms with Gasteiger partial charge in [-0.1, -0.05) is 96.7 Å².